The second-order valence-corrected chi connectivity index (χ2v) is 3.41. The molecule has 1 aromatic carbocycles. The Hall–Kier alpha value is -1.79. The van der Waals surface area contributed by atoms with Crippen molar-refractivity contribution in [2.45, 2.75) is 6.29 Å². The lowest BCUT2D eigenvalue weighted by atomic mass is 10.1. The van der Waals surface area contributed by atoms with Crippen molar-refractivity contribution in [3.05, 3.63) is 23.3 Å². The van der Waals surface area contributed by atoms with Gasteiger partial charge in [0.15, 0.2) is 6.29 Å². The lowest BCUT2D eigenvalue weighted by Gasteiger charge is -2.17. The maximum Gasteiger partial charge on any atom is 0.343 e. The van der Waals surface area contributed by atoms with Crippen LogP contribution in [-0.2, 0) is 9.47 Å². The standard InChI is InChI=1S/C12H16O6/c1-15-8-5-7(12(17-3)18-4)6-9(16-2)10(8)11(13)14/h5-6,12H,1-4H3,(H,13,14). The van der Waals surface area contributed by atoms with Crippen molar-refractivity contribution in [2.75, 3.05) is 28.4 Å². The second-order valence-electron chi connectivity index (χ2n) is 3.41. The van der Waals surface area contributed by atoms with E-state index in [9.17, 15) is 4.79 Å². The average Bonchev–Trinajstić information content (AvgIpc) is 2.38. The molecule has 0 fully saturated rings. The number of methoxy groups -OCH3 is 4. The molecule has 1 N–H and O–H groups in total. The summed E-state index contributed by atoms with van der Waals surface area (Å²) in [5, 5.41) is 9.13. The van der Waals surface area contributed by atoms with Gasteiger partial charge in [-0.15, -0.1) is 0 Å². The summed E-state index contributed by atoms with van der Waals surface area (Å²) in [5.41, 5.74) is 0.577. The number of rotatable bonds is 6. The normalized spacial score (nSPS) is 10.5. The maximum atomic E-state index is 11.2. The molecule has 6 heteroatoms. The Morgan fingerprint density at radius 1 is 1.06 bits per heavy atom. The summed E-state index contributed by atoms with van der Waals surface area (Å²) in [4.78, 5) is 11.2. The molecule has 0 heterocycles. The molecular formula is C12H16O6. The average molecular weight is 256 g/mol. The molecule has 100 valence electrons. The van der Waals surface area contributed by atoms with Crippen molar-refractivity contribution in [3.63, 3.8) is 0 Å². The number of aromatic carboxylic acids is 1. The van der Waals surface area contributed by atoms with E-state index >= 15 is 0 Å². The fraction of sp³-hybridized carbons (Fsp3) is 0.417. The molecule has 1 rings (SSSR count). The molecule has 6 nitrogen and oxygen atoms in total. The molecule has 0 unspecified atom stereocenters. The topological polar surface area (TPSA) is 74.2 Å². The van der Waals surface area contributed by atoms with Crippen molar-refractivity contribution in [2.24, 2.45) is 0 Å². The molecule has 18 heavy (non-hydrogen) atoms. The van der Waals surface area contributed by atoms with Crippen LogP contribution in [-0.4, -0.2) is 39.5 Å². The number of carbonyl (C=O) groups is 1. The van der Waals surface area contributed by atoms with Gasteiger partial charge in [0.2, 0.25) is 0 Å². The summed E-state index contributed by atoms with van der Waals surface area (Å²) < 4.78 is 20.3. The van der Waals surface area contributed by atoms with E-state index < -0.39 is 12.3 Å². The van der Waals surface area contributed by atoms with Gasteiger partial charge in [-0.2, -0.15) is 0 Å². The molecule has 0 aliphatic heterocycles. The lowest BCUT2D eigenvalue weighted by Crippen LogP contribution is -2.08. The van der Waals surface area contributed by atoms with E-state index in [0.717, 1.165) is 0 Å². The first kappa shape index (κ1) is 14.3. The van der Waals surface area contributed by atoms with Gasteiger partial charge in [0, 0.05) is 19.8 Å². The van der Waals surface area contributed by atoms with Gasteiger partial charge in [-0.1, -0.05) is 0 Å². The van der Waals surface area contributed by atoms with Crippen molar-refractivity contribution in [1.82, 2.24) is 0 Å². The van der Waals surface area contributed by atoms with Gasteiger partial charge in [-0.3, -0.25) is 0 Å². The molecule has 0 aliphatic carbocycles. The summed E-state index contributed by atoms with van der Waals surface area (Å²) in [6.07, 6.45) is -0.615. The van der Waals surface area contributed by atoms with E-state index in [-0.39, 0.29) is 17.1 Å². The summed E-state index contributed by atoms with van der Waals surface area (Å²) >= 11 is 0. The quantitative estimate of drug-likeness (QED) is 0.781. The van der Waals surface area contributed by atoms with Gasteiger partial charge in [0.1, 0.15) is 17.1 Å². The summed E-state index contributed by atoms with van der Waals surface area (Å²) in [6.45, 7) is 0. The second kappa shape index (κ2) is 6.23. The largest absolute Gasteiger partial charge is 0.496 e. The Balaban J connectivity index is 3.38. The zero-order valence-electron chi connectivity index (χ0n) is 10.7. The van der Waals surface area contributed by atoms with Crippen LogP contribution in [0.25, 0.3) is 0 Å². The molecule has 0 aromatic heterocycles. The lowest BCUT2D eigenvalue weighted by molar-refractivity contribution is -0.106. The molecule has 0 saturated carbocycles. The van der Waals surface area contributed by atoms with Crippen molar-refractivity contribution < 1.29 is 28.8 Å². The Bertz CT molecular complexity index is 400. The van der Waals surface area contributed by atoms with Gasteiger partial charge in [0.05, 0.1) is 14.2 Å². The smallest absolute Gasteiger partial charge is 0.343 e. The Morgan fingerprint density at radius 3 is 1.78 bits per heavy atom. The van der Waals surface area contributed by atoms with Crippen LogP contribution in [0.1, 0.15) is 22.2 Å². The third-order valence-corrected chi connectivity index (χ3v) is 2.44. The Labute approximate surface area is 105 Å². The van der Waals surface area contributed by atoms with E-state index in [0.29, 0.717) is 5.56 Å². The molecule has 0 atom stereocenters. The zero-order chi connectivity index (χ0) is 13.7. The highest BCUT2D eigenvalue weighted by molar-refractivity contribution is 5.94. The van der Waals surface area contributed by atoms with Gasteiger partial charge >= 0.3 is 5.97 Å². The summed E-state index contributed by atoms with van der Waals surface area (Å²) in [5.74, 6) is -0.742. The molecule has 1 aromatic rings. The first-order valence-corrected chi connectivity index (χ1v) is 5.13. The fourth-order valence-electron chi connectivity index (χ4n) is 1.65. The van der Waals surface area contributed by atoms with Crippen LogP contribution in [0.3, 0.4) is 0 Å². The summed E-state index contributed by atoms with van der Waals surface area (Å²) in [7, 11) is 5.75. The predicted octanol–water partition coefficient (Wildman–Crippen LogP) is 1.69. The first-order chi connectivity index (χ1) is 8.58. The van der Waals surface area contributed by atoms with Crippen molar-refractivity contribution in [3.8, 4) is 11.5 Å². The number of carboxylic acid groups (broad SMARTS) is 1. The van der Waals surface area contributed by atoms with Crippen LogP contribution in [0, 0.1) is 0 Å². The van der Waals surface area contributed by atoms with Crippen molar-refractivity contribution >= 4 is 5.97 Å². The SMILES string of the molecule is COc1cc(C(OC)OC)cc(OC)c1C(=O)O. The predicted molar refractivity (Wildman–Crippen MR) is 63.3 cm³/mol. The number of hydrogen-bond donors (Lipinski definition) is 1. The highest BCUT2D eigenvalue weighted by atomic mass is 16.7. The van der Waals surface area contributed by atoms with Crippen LogP contribution in [0.4, 0.5) is 0 Å². The van der Waals surface area contributed by atoms with Gasteiger partial charge < -0.3 is 24.1 Å². The molecule has 0 spiro atoms. The maximum absolute atomic E-state index is 11.2. The zero-order valence-corrected chi connectivity index (χ0v) is 10.7. The molecule has 0 radical (unpaired) electrons. The van der Waals surface area contributed by atoms with Gasteiger partial charge in [-0.05, 0) is 12.1 Å². The third kappa shape index (κ3) is 2.72. The monoisotopic (exact) mass is 256 g/mol. The summed E-state index contributed by atoms with van der Waals surface area (Å²) in [6, 6.07) is 3.09. The highest BCUT2D eigenvalue weighted by Crippen LogP contribution is 2.33. The Morgan fingerprint density at radius 2 is 1.50 bits per heavy atom. The first-order valence-electron chi connectivity index (χ1n) is 5.13. The number of benzene rings is 1. The molecule has 0 saturated heterocycles. The third-order valence-electron chi connectivity index (χ3n) is 2.44. The highest BCUT2D eigenvalue weighted by Gasteiger charge is 2.21. The number of ether oxygens (including phenoxy) is 4. The van der Waals surface area contributed by atoms with E-state index in [1.807, 2.05) is 0 Å². The van der Waals surface area contributed by atoms with Gasteiger partial charge in [-0.25, -0.2) is 4.79 Å². The van der Waals surface area contributed by atoms with E-state index in [1.165, 1.54) is 28.4 Å². The van der Waals surface area contributed by atoms with Crippen LogP contribution >= 0.6 is 0 Å². The molecule has 0 amide bonds. The minimum absolute atomic E-state index is 0.0327. The molecule has 0 bridgehead atoms. The van der Waals surface area contributed by atoms with E-state index in [1.54, 1.807) is 12.1 Å². The van der Waals surface area contributed by atoms with Crippen LogP contribution in [0.2, 0.25) is 0 Å². The van der Waals surface area contributed by atoms with Crippen LogP contribution in [0.5, 0.6) is 11.5 Å². The fourth-order valence-corrected chi connectivity index (χ4v) is 1.65. The van der Waals surface area contributed by atoms with Crippen LogP contribution in [0.15, 0.2) is 12.1 Å². The number of carboxylic acids is 1. The molecule has 0 aliphatic rings. The van der Waals surface area contributed by atoms with E-state index in [2.05, 4.69) is 0 Å². The van der Waals surface area contributed by atoms with E-state index in [4.69, 9.17) is 24.1 Å². The van der Waals surface area contributed by atoms with Gasteiger partial charge in [0.25, 0.3) is 0 Å². The van der Waals surface area contributed by atoms with Crippen LogP contribution < -0.4 is 9.47 Å². The minimum atomic E-state index is -1.12. The Kier molecular flexibility index (Phi) is 4.94. The minimum Gasteiger partial charge on any atom is -0.496 e. The van der Waals surface area contributed by atoms with Crippen molar-refractivity contribution in [1.29, 1.82) is 0 Å². The molecular weight excluding hydrogens is 240 g/mol. The number of hydrogen-bond acceptors (Lipinski definition) is 5.